The lowest BCUT2D eigenvalue weighted by atomic mass is 10.2. The molecule has 0 radical (unpaired) electrons. The highest BCUT2D eigenvalue weighted by Gasteiger charge is 2.22. The second-order valence-corrected chi connectivity index (χ2v) is 4.59. The molecule has 1 heterocycles. The molecule has 0 fully saturated rings. The number of rotatable bonds is 5. The second-order valence-electron chi connectivity index (χ2n) is 4.19. The number of nitrogens with one attached hydrogen (secondary N) is 1. The molecule has 0 unspecified atom stereocenters. The summed E-state index contributed by atoms with van der Waals surface area (Å²) in [5, 5.41) is 13.6. The molecule has 22 heavy (non-hydrogen) atoms. The van der Waals surface area contributed by atoms with Gasteiger partial charge in [0.2, 0.25) is 0 Å². The number of carbonyl (C=O) groups excluding carboxylic acids is 1. The Labute approximate surface area is 131 Å². The van der Waals surface area contributed by atoms with Gasteiger partial charge in [-0.15, -0.1) is 0 Å². The van der Waals surface area contributed by atoms with Crippen LogP contribution in [0.3, 0.4) is 0 Å². The van der Waals surface area contributed by atoms with Gasteiger partial charge in [0, 0.05) is 18.5 Å². The minimum absolute atomic E-state index is 0.0230. The normalized spacial score (nSPS) is 10.1. The van der Waals surface area contributed by atoms with Crippen LogP contribution in [-0.4, -0.2) is 22.4 Å². The maximum Gasteiger partial charge on any atom is 0.298 e. The monoisotopic (exact) mass is 321 g/mol. The van der Waals surface area contributed by atoms with Crippen LogP contribution in [0, 0.1) is 10.1 Å². The van der Waals surface area contributed by atoms with E-state index in [1.807, 2.05) is 0 Å². The van der Waals surface area contributed by atoms with Crippen LogP contribution in [0.5, 0.6) is 5.75 Å². The van der Waals surface area contributed by atoms with E-state index in [4.69, 9.17) is 16.3 Å². The lowest BCUT2D eigenvalue weighted by molar-refractivity contribution is -0.384. The van der Waals surface area contributed by atoms with E-state index in [1.54, 1.807) is 13.0 Å². The summed E-state index contributed by atoms with van der Waals surface area (Å²) in [7, 11) is 0. The molecule has 0 saturated carbocycles. The third kappa shape index (κ3) is 3.50. The molecule has 0 aliphatic carbocycles. The summed E-state index contributed by atoms with van der Waals surface area (Å²) in [6.07, 6.45) is 2.87. The Balaban J connectivity index is 2.38. The van der Waals surface area contributed by atoms with Gasteiger partial charge in [-0.05, 0) is 19.1 Å². The Kier molecular flexibility index (Phi) is 4.90. The molecule has 1 aromatic carbocycles. The van der Waals surface area contributed by atoms with Crippen LogP contribution in [0.1, 0.15) is 17.3 Å². The van der Waals surface area contributed by atoms with Crippen molar-refractivity contribution in [3.8, 4) is 5.75 Å². The van der Waals surface area contributed by atoms with Crippen molar-refractivity contribution in [1.29, 1.82) is 0 Å². The number of anilines is 1. The van der Waals surface area contributed by atoms with Crippen molar-refractivity contribution in [2.75, 3.05) is 11.9 Å². The Morgan fingerprint density at radius 1 is 1.50 bits per heavy atom. The van der Waals surface area contributed by atoms with E-state index in [2.05, 4.69) is 10.3 Å². The zero-order valence-corrected chi connectivity index (χ0v) is 12.3. The summed E-state index contributed by atoms with van der Waals surface area (Å²) >= 11 is 6.03. The minimum atomic E-state index is -0.632. The number of benzene rings is 1. The van der Waals surface area contributed by atoms with Gasteiger partial charge in [-0.2, -0.15) is 0 Å². The number of nitro benzene ring substituents is 1. The van der Waals surface area contributed by atoms with Crippen molar-refractivity contribution in [2.45, 2.75) is 6.92 Å². The predicted octanol–water partition coefficient (Wildman–Crippen LogP) is 3.29. The van der Waals surface area contributed by atoms with E-state index in [9.17, 15) is 14.9 Å². The van der Waals surface area contributed by atoms with Gasteiger partial charge in [-0.3, -0.25) is 19.9 Å². The van der Waals surface area contributed by atoms with Gasteiger partial charge in [-0.1, -0.05) is 11.6 Å². The number of amides is 1. The minimum Gasteiger partial charge on any atom is -0.494 e. The van der Waals surface area contributed by atoms with E-state index in [1.165, 1.54) is 30.6 Å². The van der Waals surface area contributed by atoms with Crippen LogP contribution < -0.4 is 10.1 Å². The largest absolute Gasteiger partial charge is 0.494 e. The highest BCUT2D eigenvalue weighted by atomic mass is 35.5. The number of carbonyl (C=O) groups is 1. The molecular formula is C14H12ClN3O4. The fraction of sp³-hybridized carbons (Fsp3) is 0.143. The molecular weight excluding hydrogens is 310 g/mol. The average molecular weight is 322 g/mol. The van der Waals surface area contributed by atoms with Crippen molar-refractivity contribution in [1.82, 2.24) is 4.98 Å². The number of hydrogen-bond donors (Lipinski definition) is 1. The molecule has 0 saturated heterocycles. The third-order valence-corrected chi connectivity index (χ3v) is 3.01. The maximum atomic E-state index is 12.1. The smallest absolute Gasteiger partial charge is 0.298 e. The Bertz CT molecular complexity index is 707. The van der Waals surface area contributed by atoms with Gasteiger partial charge < -0.3 is 10.1 Å². The molecule has 0 aliphatic rings. The zero-order chi connectivity index (χ0) is 16.1. The van der Waals surface area contributed by atoms with E-state index >= 15 is 0 Å². The second kappa shape index (κ2) is 6.86. The average Bonchev–Trinajstić information content (AvgIpc) is 2.50. The quantitative estimate of drug-likeness (QED) is 0.673. The van der Waals surface area contributed by atoms with Crippen LogP contribution in [0.25, 0.3) is 0 Å². The molecule has 1 N–H and O–H groups in total. The van der Waals surface area contributed by atoms with Crippen LogP contribution in [0.15, 0.2) is 36.7 Å². The molecule has 0 spiro atoms. The first-order valence-electron chi connectivity index (χ1n) is 6.35. The predicted molar refractivity (Wildman–Crippen MR) is 81.5 cm³/mol. The van der Waals surface area contributed by atoms with Gasteiger partial charge in [-0.25, -0.2) is 0 Å². The number of pyridine rings is 1. The number of hydrogen-bond acceptors (Lipinski definition) is 5. The van der Waals surface area contributed by atoms with Crippen LogP contribution in [0.4, 0.5) is 11.4 Å². The van der Waals surface area contributed by atoms with E-state index in [-0.39, 0.29) is 27.7 Å². The summed E-state index contributed by atoms with van der Waals surface area (Å²) in [5.41, 5.74) is -0.154. The zero-order valence-electron chi connectivity index (χ0n) is 11.6. The molecule has 0 atom stereocenters. The van der Waals surface area contributed by atoms with Gasteiger partial charge in [0.25, 0.3) is 11.6 Å². The summed E-state index contributed by atoms with van der Waals surface area (Å²) in [5.74, 6) is -0.277. The lowest BCUT2D eigenvalue weighted by Gasteiger charge is -2.10. The fourth-order valence-electron chi connectivity index (χ4n) is 1.77. The van der Waals surface area contributed by atoms with E-state index < -0.39 is 10.8 Å². The van der Waals surface area contributed by atoms with Gasteiger partial charge in [0.15, 0.2) is 0 Å². The number of nitro groups is 1. The Morgan fingerprint density at radius 2 is 2.27 bits per heavy atom. The maximum absolute atomic E-state index is 12.1. The molecule has 8 heteroatoms. The Hall–Kier alpha value is -2.67. The number of ether oxygens (including phenoxy) is 1. The molecule has 2 aromatic rings. The Morgan fingerprint density at radius 3 is 2.86 bits per heavy atom. The molecule has 0 aliphatic heterocycles. The highest BCUT2D eigenvalue weighted by molar-refractivity contribution is 6.34. The fourth-order valence-corrected chi connectivity index (χ4v) is 2.02. The van der Waals surface area contributed by atoms with Crippen molar-refractivity contribution in [2.24, 2.45) is 0 Å². The lowest BCUT2D eigenvalue weighted by Crippen LogP contribution is -2.14. The molecule has 0 bridgehead atoms. The van der Waals surface area contributed by atoms with Crippen molar-refractivity contribution < 1.29 is 14.5 Å². The van der Waals surface area contributed by atoms with E-state index in [0.717, 1.165) is 0 Å². The molecule has 114 valence electrons. The summed E-state index contributed by atoms with van der Waals surface area (Å²) in [4.78, 5) is 26.5. The van der Waals surface area contributed by atoms with Crippen LogP contribution >= 0.6 is 11.6 Å². The summed E-state index contributed by atoms with van der Waals surface area (Å²) in [6, 6.07) is 5.75. The topological polar surface area (TPSA) is 94.4 Å². The number of nitrogens with zero attached hydrogens (tertiary/aromatic N) is 2. The molecule has 7 nitrogen and oxygen atoms in total. The molecule has 1 aromatic heterocycles. The number of halogens is 1. The third-order valence-electron chi connectivity index (χ3n) is 2.71. The standard InChI is InChI=1S/C14H12ClN3O4/c1-2-22-10-6-11(15)13(12(7-10)18(20)21)17-14(19)9-4-3-5-16-8-9/h3-8H,2H2,1H3,(H,17,19). The van der Waals surface area contributed by atoms with Crippen molar-refractivity contribution in [3.05, 3.63) is 57.4 Å². The van der Waals surface area contributed by atoms with Crippen LogP contribution in [-0.2, 0) is 0 Å². The number of aromatic nitrogens is 1. The van der Waals surface area contributed by atoms with Gasteiger partial charge >= 0.3 is 0 Å². The first-order chi connectivity index (χ1) is 10.5. The van der Waals surface area contributed by atoms with Gasteiger partial charge in [0.05, 0.1) is 28.2 Å². The molecule has 1 amide bonds. The van der Waals surface area contributed by atoms with E-state index in [0.29, 0.717) is 6.61 Å². The van der Waals surface area contributed by atoms with Gasteiger partial charge in [0.1, 0.15) is 11.4 Å². The summed E-state index contributed by atoms with van der Waals surface area (Å²) < 4.78 is 5.21. The SMILES string of the molecule is CCOc1cc(Cl)c(NC(=O)c2cccnc2)c([N+](=O)[O-])c1. The highest BCUT2D eigenvalue weighted by Crippen LogP contribution is 2.36. The molecule has 2 rings (SSSR count). The van der Waals surface area contributed by atoms with Crippen molar-refractivity contribution in [3.63, 3.8) is 0 Å². The first kappa shape index (κ1) is 15.7. The van der Waals surface area contributed by atoms with Crippen LogP contribution in [0.2, 0.25) is 5.02 Å². The first-order valence-corrected chi connectivity index (χ1v) is 6.72. The summed E-state index contributed by atoms with van der Waals surface area (Å²) in [6.45, 7) is 2.09. The van der Waals surface area contributed by atoms with Crippen molar-refractivity contribution >= 4 is 28.9 Å².